The number of hydrogen-bond donors (Lipinski definition) is 1. The zero-order chi connectivity index (χ0) is 18.7. The summed E-state index contributed by atoms with van der Waals surface area (Å²) in [6.07, 6.45) is -0.798. The van der Waals surface area contributed by atoms with Crippen LogP contribution in [0.25, 0.3) is 0 Å². The van der Waals surface area contributed by atoms with Gasteiger partial charge in [0, 0.05) is 11.3 Å². The molecule has 0 aromatic heterocycles. The molecule has 0 bridgehead atoms. The van der Waals surface area contributed by atoms with Crippen LogP contribution in [0.1, 0.15) is 39.6 Å². The molecule has 1 aliphatic rings. The summed E-state index contributed by atoms with van der Waals surface area (Å²) in [5, 5.41) is 2.68. The number of anilines is 1. The number of carbonyl (C=O) groups excluding carboxylic acids is 3. The van der Waals surface area contributed by atoms with Gasteiger partial charge in [-0.1, -0.05) is 24.3 Å². The number of amides is 1. The Morgan fingerprint density at radius 3 is 2.65 bits per heavy atom. The quantitative estimate of drug-likeness (QED) is 0.836. The molecule has 1 heterocycles. The van der Waals surface area contributed by atoms with E-state index in [1.54, 1.807) is 30.3 Å². The maximum Gasteiger partial charge on any atom is 0.339 e. The Hall–Kier alpha value is -3.15. The molecule has 1 amide bonds. The summed E-state index contributed by atoms with van der Waals surface area (Å²) in [5.41, 5.74) is 3.95. The highest BCUT2D eigenvalue weighted by Gasteiger charge is 2.32. The van der Waals surface area contributed by atoms with Crippen molar-refractivity contribution >= 4 is 23.5 Å². The number of benzene rings is 2. The van der Waals surface area contributed by atoms with Gasteiger partial charge in [0.1, 0.15) is 6.10 Å². The van der Waals surface area contributed by atoms with Crippen LogP contribution in [0.5, 0.6) is 0 Å². The number of aryl methyl sites for hydroxylation is 2. The minimum absolute atomic E-state index is 0.125. The monoisotopic (exact) mass is 353 g/mol. The fraction of sp³-hybridized carbons (Fsp3) is 0.250. The van der Waals surface area contributed by atoms with E-state index in [4.69, 9.17) is 9.47 Å². The van der Waals surface area contributed by atoms with Gasteiger partial charge >= 0.3 is 11.9 Å². The van der Waals surface area contributed by atoms with Crippen LogP contribution < -0.4 is 5.32 Å². The van der Waals surface area contributed by atoms with Crippen LogP contribution in [0.4, 0.5) is 5.69 Å². The second-order valence-electron chi connectivity index (χ2n) is 6.19. The van der Waals surface area contributed by atoms with Crippen LogP contribution in [0.3, 0.4) is 0 Å². The Bertz CT molecular complexity index is 874. The topological polar surface area (TPSA) is 81.7 Å². The van der Waals surface area contributed by atoms with Gasteiger partial charge < -0.3 is 14.8 Å². The molecule has 0 saturated heterocycles. The first kappa shape index (κ1) is 17.7. The predicted molar refractivity (Wildman–Crippen MR) is 94.7 cm³/mol. The van der Waals surface area contributed by atoms with Crippen molar-refractivity contribution in [3.8, 4) is 0 Å². The van der Waals surface area contributed by atoms with Crippen LogP contribution in [-0.2, 0) is 19.1 Å². The zero-order valence-corrected chi connectivity index (χ0v) is 14.6. The first-order valence-corrected chi connectivity index (χ1v) is 8.26. The van der Waals surface area contributed by atoms with E-state index in [0.29, 0.717) is 16.8 Å². The van der Waals surface area contributed by atoms with Gasteiger partial charge in [0.2, 0.25) is 0 Å². The lowest BCUT2D eigenvalue weighted by Crippen LogP contribution is -2.21. The highest BCUT2D eigenvalue weighted by molar-refractivity contribution is 5.95. The maximum atomic E-state index is 12.0. The van der Waals surface area contributed by atoms with Gasteiger partial charge in [-0.25, -0.2) is 4.79 Å². The fourth-order valence-corrected chi connectivity index (χ4v) is 2.74. The lowest BCUT2D eigenvalue weighted by Gasteiger charge is -2.11. The van der Waals surface area contributed by atoms with Crippen LogP contribution in [-0.4, -0.2) is 24.5 Å². The molecule has 6 nitrogen and oxygen atoms in total. The number of esters is 2. The lowest BCUT2D eigenvalue weighted by molar-refractivity contribution is -0.149. The Morgan fingerprint density at radius 2 is 1.88 bits per heavy atom. The maximum absolute atomic E-state index is 12.0. The van der Waals surface area contributed by atoms with Gasteiger partial charge in [0.15, 0.2) is 6.61 Å². The molecule has 0 radical (unpaired) electrons. The second kappa shape index (κ2) is 7.39. The van der Waals surface area contributed by atoms with Crippen molar-refractivity contribution in [3.05, 3.63) is 64.7 Å². The molecule has 2 aromatic carbocycles. The largest absolute Gasteiger partial charge is 0.455 e. The van der Waals surface area contributed by atoms with Gasteiger partial charge in [-0.2, -0.15) is 0 Å². The average Bonchev–Trinajstić information content (AvgIpc) is 2.93. The van der Waals surface area contributed by atoms with E-state index in [-0.39, 0.29) is 6.42 Å². The van der Waals surface area contributed by atoms with Crippen molar-refractivity contribution in [2.75, 3.05) is 11.9 Å². The zero-order valence-electron chi connectivity index (χ0n) is 14.6. The molecule has 134 valence electrons. The van der Waals surface area contributed by atoms with E-state index in [1.165, 1.54) is 0 Å². The fourth-order valence-electron chi connectivity index (χ4n) is 2.74. The van der Waals surface area contributed by atoms with Gasteiger partial charge in [-0.3, -0.25) is 9.59 Å². The van der Waals surface area contributed by atoms with Crippen molar-refractivity contribution in [2.24, 2.45) is 0 Å². The number of hydrogen-bond acceptors (Lipinski definition) is 5. The van der Waals surface area contributed by atoms with E-state index in [0.717, 1.165) is 11.1 Å². The van der Waals surface area contributed by atoms with E-state index in [2.05, 4.69) is 5.32 Å². The van der Waals surface area contributed by atoms with Crippen LogP contribution in [0.2, 0.25) is 0 Å². The minimum atomic E-state index is -0.672. The molecule has 0 saturated carbocycles. The van der Waals surface area contributed by atoms with Gasteiger partial charge in [-0.15, -0.1) is 0 Å². The summed E-state index contributed by atoms with van der Waals surface area (Å²) in [5.74, 6) is -1.48. The molecule has 2 aromatic rings. The van der Waals surface area contributed by atoms with Crippen molar-refractivity contribution in [3.63, 3.8) is 0 Å². The third-order valence-corrected chi connectivity index (χ3v) is 4.28. The normalized spacial score (nSPS) is 15.2. The van der Waals surface area contributed by atoms with Crippen molar-refractivity contribution in [1.29, 1.82) is 0 Å². The van der Waals surface area contributed by atoms with Crippen LogP contribution >= 0.6 is 0 Å². The number of cyclic esters (lactones) is 1. The summed E-state index contributed by atoms with van der Waals surface area (Å²) < 4.78 is 10.2. The van der Waals surface area contributed by atoms with Crippen LogP contribution in [0.15, 0.2) is 42.5 Å². The number of ether oxygens (including phenoxy) is 2. The number of fused-ring (bicyclic) bond motifs is 1. The Morgan fingerprint density at radius 1 is 1.12 bits per heavy atom. The van der Waals surface area contributed by atoms with Gasteiger partial charge in [-0.05, 0) is 43.2 Å². The van der Waals surface area contributed by atoms with Gasteiger partial charge in [0.05, 0.1) is 12.0 Å². The molecule has 26 heavy (non-hydrogen) atoms. The van der Waals surface area contributed by atoms with Crippen molar-refractivity contribution in [1.82, 2.24) is 0 Å². The molecule has 6 heteroatoms. The lowest BCUT2D eigenvalue weighted by atomic mass is 10.0. The average molecular weight is 353 g/mol. The smallest absolute Gasteiger partial charge is 0.339 e. The highest BCUT2D eigenvalue weighted by atomic mass is 16.6. The predicted octanol–water partition coefficient (Wildman–Crippen LogP) is 3.09. The molecule has 0 spiro atoms. The van der Waals surface area contributed by atoms with Crippen LogP contribution in [0, 0.1) is 13.8 Å². The highest BCUT2D eigenvalue weighted by Crippen LogP contribution is 2.32. The third kappa shape index (κ3) is 3.91. The number of carbonyl (C=O) groups is 3. The molecule has 1 N–H and O–H groups in total. The van der Waals surface area contributed by atoms with E-state index >= 15 is 0 Å². The van der Waals surface area contributed by atoms with E-state index in [1.807, 2.05) is 26.0 Å². The Kier molecular flexibility index (Phi) is 5.02. The third-order valence-electron chi connectivity index (χ3n) is 4.28. The minimum Gasteiger partial charge on any atom is -0.455 e. The number of nitrogens with one attached hydrogen (secondary N) is 1. The molecular weight excluding hydrogens is 334 g/mol. The summed E-state index contributed by atoms with van der Waals surface area (Å²) in [6.45, 7) is 3.54. The van der Waals surface area contributed by atoms with Crippen molar-refractivity contribution in [2.45, 2.75) is 26.4 Å². The Labute approximate surface area is 151 Å². The summed E-state index contributed by atoms with van der Waals surface area (Å²) in [4.78, 5) is 35.6. The van der Waals surface area contributed by atoms with E-state index in [9.17, 15) is 14.4 Å². The summed E-state index contributed by atoms with van der Waals surface area (Å²) >= 11 is 0. The number of rotatable bonds is 5. The van der Waals surface area contributed by atoms with E-state index < -0.39 is 30.6 Å². The Balaban J connectivity index is 1.51. The van der Waals surface area contributed by atoms with Crippen molar-refractivity contribution < 1.29 is 23.9 Å². The molecule has 1 aliphatic heterocycles. The summed E-state index contributed by atoms with van der Waals surface area (Å²) in [6, 6.07) is 12.4. The molecule has 3 rings (SSSR count). The standard InChI is InChI=1S/C20H19NO5/c1-12-7-8-14(9-13(12)2)21-18(22)11-25-19(23)10-17-15-5-3-4-6-16(15)20(24)26-17/h3-9,17H,10-11H2,1-2H3,(H,21,22)/t17-/m1/s1. The van der Waals surface area contributed by atoms with Gasteiger partial charge in [0.25, 0.3) is 5.91 Å². The molecular formula is C20H19NO5. The molecule has 1 atom stereocenters. The SMILES string of the molecule is Cc1ccc(NC(=O)COC(=O)C[C@H]2OC(=O)c3ccccc32)cc1C. The first-order valence-electron chi connectivity index (χ1n) is 8.26. The second-order valence-corrected chi connectivity index (χ2v) is 6.19. The molecule has 0 aliphatic carbocycles. The summed E-state index contributed by atoms with van der Waals surface area (Å²) in [7, 11) is 0. The molecule has 0 unspecified atom stereocenters. The first-order chi connectivity index (χ1) is 12.4. The molecule has 0 fully saturated rings.